The Labute approximate surface area is 187 Å². The largest absolute Gasteiger partial charge is 0.383 e. The quantitative estimate of drug-likeness (QED) is 0.400. The number of fused-ring (bicyclic) bond motifs is 3. The first kappa shape index (κ1) is 20.4. The highest BCUT2D eigenvalue weighted by Crippen LogP contribution is 2.28. The van der Waals surface area contributed by atoms with Crippen molar-refractivity contribution in [3.63, 3.8) is 0 Å². The predicted molar refractivity (Wildman–Crippen MR) is 129 cm³/mol. The van der Waals surface area contributed by atoms with Crippen LogP contribution in [0.15, 0.2) is 49.2 Å². The topological polar surface area (TPSA) is 76.1 Å². The van der Waals surface area contributed by atoms with Crippen molar-refractivity contribution in [1.82, 2.24) is 29.3 Å². The van der Waals surface area contributed by atoms with Crippen LogP contribution in [0.5, 0.6) is 0 Å². The number of nitrogens with two attached hydrogens (primary N) is 1. The number of hydrogen-bond acceptors (Lipinski definition) is 6. The zero-order valence-electron chi connectivity index (χ0n) is 18.3. The summed E-state index contributed by atoms with van der Waals surface area (Å²) in [5, 5.41) is 2.91. The standard InChI is InChI=1S/C25H27N7/c1-2-30-11-13-31(14-12-30)9-4-3-5-19-6-7-20-21-16-24(32-10-8-27-18-32)29-25(26)22(21)17-28-23(20)15-19/h6-8,10,15-18H,2,4,9,11-14H2,1H3,(H2,26,29). The molecule has 0 radical (unpaired) electrons. The van der Waals surface area contributed by atoms with Crippen LogP contribution >= 0.6 is 0 Å². The third kappa shape index (κ3) is 4.15. The molecule has 5 rings (SSSR count). The number of benzene rings is 1. The first-order chi connectivity index (χ1) is 15.7. The molecule has 3 aromatic heterocycles. The van der Waals surface area contributed by atoms with Gasteiger partial charge in [0, 0.05) is 74.1 Å². The maximum atomic E-state index is 6.23. The number of hydrogen-bond donors (Lipinski definition) is 1. The molecular weight excluding hydrogens is 398 g/mol. The van der Waals surface area contributed by atoms with Gasteiger partial charge in [0.05, 0.1) is 5.52 Å². The van der Waals surface area contributed by atoms with Gasteiger partial charge >= 0.3 is 0 Å². The molecule has 7 heteroatoms. The second kappa shape index (κ2) is 8.95. The van der Waals surface area contributed by atoms with Gasteiger partial charge in [-0.3, -0.25) is 14.5 Å². The highest BCUT2D eigenvalue weighted by atomic mass is 15.3. The molecule has 0 spiro atoms. The number of pyridine rings is 2. The monoisotopic (exact) mass is 425 g/mol. The van der Waals surface area contributed by atoms with Gasteiger partial charge in [-0.05, 0) is 30.1 Å². The van der Waals surface area contributed by atoms with Crippen molar-refractivity contribution in [2.45, 2.75) is 13.3 Å². The molecule has 7 nitrogen and oxygen atoms in total. The van der Waals surface area contributed by atoms with Gasteiger partial charge in [0.1, 0.15) is 18.0 Å². The number of imidazole rings is 1. The smallest absolute Gasteiger partial charge is 0.140 e. The average Bonchev–Trinajstić information content (AvgIpc) is 3.37. The van der Waals surface area contributed by atoms with E-state index >= 15 is 0 Å². The third-order valence-corrected chi connectivity index (χ3v) is 6.16. The second-order valence-corrected chi connectivity index (χ2v) is 8.11. The van der Waals surface area contributed by atoms with Crippen LogP contribution in [0.4, 0.5) is 5.82 Å². The molecule has 1 aliphatic rings. The van der Waals surface area contributed by atoms with Crippen LogP contribution in [-0.4, -0.2) is 68.6 Å². The summed E-state index contributed by atoms with van der Waals surface area (Å²) in [6.45, 7) is 9.01. The molecule has 1 aromatic carbocycles. The summed E-state index contributed by atoms with van der Waals surface area (Å²) in [5.41, 5.74) is 8.12. The SMILES string of the molecule is CCN1CCN(CCC#Cc2ccc3c(c2)ncc2c(N)nc(-n4ccnc4)cc23)CC1. The Hall–Kier alpha value is -3.47. The van der Waals surface area contributed by atoms with Crippen molar-refractivity contribution in [3.05, 3.63) is 54.7 Å². The van der Waals surface area contributed by atoms with E-state index in [0.29, 0.717) is 5.82 Å². The van der Waals surface area contributed by atoms with Gasteiger partial charge in [-0.15, -0.1) is 0 Å². The minimum Gasteiger partial charge on any atom is -0.383 e. The van der Waals surface area contributed by atoms with Crippen LogP contribution in [0.1, 0.15) is 18.9 Å². The Balaban J connectivity index is 1.35. The summed E-state index contributed by atoms with van der Waals surface area (Å²) in [6, 6.07) is 8.22. The van der Waals surface area contributed by atoms with Gasteiger partial charge in [0.15, 0.2) is 0 Å². The van der Waals surface area contributed by atoms with E-state index in [0.717, 1.165) is 78.7 Å². The van der Waals surface area contributed by atoms with Crippen LogP contribution in [-0.2, 0) is 0 Å². The fourth-order valence-corrected chi connectivity index (χ4v) is 4.23. The molecule has 32 heavy (non-hydrogen) atoms. The van der Waals surface area contributed by atoms with E-state index < -0.39 is 0 Å². The third-order valence-electron chi connectivity index (χ3n) is 6.16. The molecule has 0 amide bonds. The summed E-state index contributed by atoms with van der Waals surface area (Å²) in [6.07, 6.45) is 7.97. The van der Waals surface area contributed by atoms with Crippen LogP contribution in [0.2, 0.25) is 0 Å². The van der Waals surface area contributed by atoms with Crippen molar-refractivity contribution in [2.24, 2.45) is 0 Å². The Morgan fingerprint density at radius 2 is 1.88 bits per heavy atom. The fourth-order valence-electron chi connectivity index (χ4n) is 4.23. The number of aromatic nitrogens is 4. The first-order valence-corrected chi connectivity index (χ1v) is 11.1. The lowest BCUT2D eigenvalue weighted by molar-refractivity contribution is 0.139. The van der Waals surface area contributed by atoms with E-state index in [1.165, 1.54) is 0 Å². The van der Waals surface area contributed by atoms with Gasteiger partial charge in [0.25, 0.3) is 0 Å². The van der Waals surface area contributed by atoms with Crippen molar-refractivity contribution >= 4 is 27.5 Å². The van der Waals surface area contributed by atoms with Gasteiger partial charge in [-0.2, -0.15) is 0 Å². The van der Waals surface area contributed by atoms with Crippen molar-refractivity contribution in [3.8, 4) is 17.7 Å². The zero-order valence-corrected chi connectivity index (χ0v) is 18.3. The number of nitrogen functional groups attached to an aromatic ring is 1. The zero-order chi connectivity index (χ0) is 21.9. The maximum Gasteiger partial charge on any atom is 0.140 e. The number of rotatable bonds is 4. The van der Waals surface area contributed by atoms with Gasteiger partial charge in [-0.25, -0.2) is 9.97 Å². The lowest BCUT2D eigenvalue weighted by Crippen LogP contribution is -2.46. The lowest BCUT2D eigenvalue weighted by Gasteiger charge is -2.33. The molecule has 0 atom stereocenters. The van der Waals surface area contributed by atoms with Gasteiger partial charge in [0.2, 0.25) is 0 Å². The summed E-state index contributed by atoms with van der Waals surface area (Å²) < 4.78 is 1.85. The Morgan fingerprint density at radius 3 is 2.66 bits per heavy atom. The number of nitrogens with zero attached hydrogens (tertiary/aromatic N) is 6. The molecule has 2 N–H and O–H groups in total. The van der Waals surface area contributed by atoms with E-state index in [-0.39, 0.29) is 0 Å². The molecule has 4 aromatic rings. The van der Waals surface area contributed by atoms with Crippen molar-refractivity contribution < 1.29 is 0 Å². The lowest BCUT2D eigenvalue weighted by atomic mass is 10.1. The minimum atomic E-state index is 0.462. The van der Waals surface area contributed by atoms with Crippen LogP contribution < -0.4 is 5.73 Å². The number of likely N-dealkylation sites (N-methyl/N-ethyl adjacent to an activating group) is 1. The first-order valence-electron chi connectivity index (χ1n) is 11.1. The molecule has 0 unspecified atom stereocenters. The molecule has 0 bridgehead atoms. The van der Waals surface area contributed by atoms with Crippen molar-refractivity contribution in [2.75, 3.05) is 45.0 Å². The van der Waals surface area contributed by atoms with E-state index in [4.69, 9.17) is 5.73 Å². The van der Waals surface area contributed by atoms with Crippen molar-refractivity contribution in [1.29, 1.82) is 0 Å². The van der Waals surface area contributed by atoms with Crippen LogP contribution in [0.3, 0.4) is 0 Å². The molecule has 1 saturated heterocycles. The van der Waals surface area contributed by atoms with E-state index in [1.807, 2.05) is 16.8 Å². The molecular formula is C25H27N7. The van der Waals surface area contributed by atoms with E-state index in [2.05, 4.69) is 61.7 Å². The Bertz CT molecular complexity index is 1290. The van der Waals surface area contributed by atoms with E-state index in [9.17, 15) is 0 Å². The summed E-state index contributed by atoms with van der Waals surface area (Å²) in [7, 11) is 0. The molecule has 1 fully saturated rings. The number of anilines is 1. The van der Waals surface area contributed by atoms with Gasteiger partial charge in [-0.1, -0.05) is 24.8 Å². The minimum absolute atomic E-state index is 0.462. The summed E-state index contributed by atoms with van der Waals surface area (Å²) in [5.74, 6) is 7.85. The molecule has 0 saturated carbocycles. The number of piperazine rings is 1. The Kier molecular flexibility index (Phi) is 5.71. The molecule has 0 aliphatic carbocycles. The molecule has 4 heterocycles. The summed E-state index contributed by atoms with van der Waals surface area (Å²) in [4.78, 5) is 18.2. The highest BCUT2D eigenvalue weighted by molar-refractivity contribution is 6.09. The van der Waals surface area contributed by atoms with Crippen LogP contribution in [0, 0.1) is 11.8 Å². The normalized spacial score (nSPS) is 15.2. The molecule has 1 aliphatic heterocycles. The van der Waals surface area contributed by atoms with Gasteiger partial charge < -0.3 is 10.6 Å². The Morgan fingerprint density at radius 1 is 1.03 bits per heavy atom. The summed E-state index contributed by atoms with van der Waals surface area (Å²) >= 11 is 0. The van der Waals surface area contributed by atoms with Crippen LogP contribution in [0.25, 0.3) is 27.5 Å². The maximum absolute atomic E-state index is 6.23. The predicted octanol–water partition coefficient (Wildman–Crippen LogP) is 2.93. The van der Waals surface area contributed by atoms with E-state index in [1.54, 1.807) is 18.7 Å². The highest BCUT2D eigenvalue weighted by Gasteiger charge is 2.14. The fraction of sp³-hybridized carbons (Fsp3) is 0.320. The second-order valence-electron chi connectivity index (χ2n) is 8.11. The molecule has 162 valence electrons. The average molecular weight is 426 g/mol.